The number of thioether (sulfide) groups is 1. The first-order valence-corrected chi connectivity index (χ1v) is 7.74. The normalized spacial score (nSPS) is 21.0. The van der Waals surface area contributed by atoms with Crippen LogP contribution >= 0.6 is 11.8 Å². The fourth-order valence-corrected chi connectivity index (χ4v) is 4.56. The molecule has 2 aromatic rings. The third-order valence-electron chi connectivity index (χ3n) is 2.53. The Morgan fingerprint density at radius 1 is 1.33 bits per heavy atom. The first-order chi connectivity index (χ1) is 8.12. The van der Waals surface area contributed by atoms with E-state index in [4.69, 9.17) is 0 Å². The van der Waals surface area contributed by atoms with E-state index in [1.54, 1.807) is 6.08 Å². The van der Waals surface area contributed by atoms with Crippen molar-refractivity contribution in [1.82, 2.24) is 9.97 Å². The first kappa shape index (κ1) is 13.6. The molecule has 1 aliphatic rings. The van der Waals surface area contributed by atoms with Gasteiger partial charge in [-0.05, 0) is 12.1 Å². The first-order valence-electron chi connectivity index (χ1n) is 5.15. The molecular formula is C11H10BrN2O2S2-. The average Bonchev–Trinajstić information content (AvgIpc) is 2.81. The number of hydrogen-bond acceptors (Lipinski definition) is 4. The second kappa shape index (κ2) is 5.07. The van der Waals surface area contributed by atoms with Gasteiger partial charge in [-0.3, -0.25) is 0 Å². The molecule has 2 heterocycles. The lowest BCUT2D eigenvalue weighted by Gasteiger charge is -2.01. The number of aromatic amines is 1. The van der Waals surface area contributed by atoms with Crippen LogP contribution in [0.3, 0.4) is 0 Å². The second-order valence-electron chi connectivity index (χ2n) is 3.87. The number of hydrogen-bond donors (Lipinski definition) is 1. The quantitative estimate of drug-likeness (QED) is 0.756. The molecule has 0 amide bonds. The van der Waals surface area contributed by atoms with Gasteiger partial charge in [0.05, 0.1) is 16.8 Å². The lowest BCUT2D eigenvalue weighted by molar-refractivity contribution is -0.00000579. The predicted octanol–water partition coefficient (Wildman–Crippen LogP) is -1.03. The molecule has 4 nitrogen and oxygen atoms in total. The zero-order valence-electron chi connectivity index (χ0n) is 9.21. The van der Waals surface area contributed by atoms with Gasteiger partial charge in [0.15, 0.2) is 15.0 Å². The summed E-state index contributed by atoms with van der Waals surface area (Å²) in [4.78, 5) is 7.58. The molecule has 0 spiro atoms. The van der Waals surface area contributed by atoms with Gasteiger partial charge in [-0.15, -0.1) is 0 Å². The molecule has 0 saturated carbocycles. The molecule has 0 aliphatic carbocycles. The van der Waals surface area contributed by atoms with E-state index >= 15 is 0 Å². The van der Waals surface area contributed by atoms with Crippen LogP contribution < -0.4 is 17.0 Å². The van der Waals surface area contributed by atoms with Crippen molar-refractivity contribution in [3.63, 3.8) is 0 Å². The van der Waals surface area contributed by atoms with Crippen LogP contribution in [0.15, 0.2) is 40.9 Å². The van der Waals surface area contributed by atoms with Crippen LogP contribution in [0.2, 0.25) is 0 Å². The molecule has 1 unspecified atom stereocenters. The maximum Gasteiger partial charge on any atom is 0.172 e. The third kappa shape index (κ3) is 2.78. The smallest absolute Gasteiger partial charge is 0.172 e. The van der Waals surface area contributed by atoms with Gasteiger partial charge in [-0.25, -0.2) is 13.4 Å². The summed E-state index contributed by atoms with van der Waals surface area (Å²) in [5.41, 5.74) is 1.87. The minimum absolute atomic E-state index is 0. The van der Waals surface area contributed by atoms with Crippen LogP contribution in [0.1, 0.15) is 0 Å². The van der Waals surface area contributed by atoms with Gasteiger partial charge in [0.2, 0.25) is 0 Å². The highest BCUT2D eigenvalue weighted by Gasteiger charge is 2.23. The predicted molar refractivity (Wildman–Crippen MR) is 68.7 cm³/mol. The summed E-state index contributed by atoms with van der Waals surface area (Å²) in [6, 6.07) is 7.75. The summed E-state index contributed by atoms with van der Waals surface area (Å²) in [5, 5.41) is 2.01. The molecule has 0 bridgehead atoms. The molecule has 1 aromatic heterocycles. The third-order valence-corrected chi connectivity index (χ3v) is 5.18. The molecule has 0 fully saturated rings. The van der Waals surface area contributed by atoms with Gasteiger partial charge in [0.25, 0.3) is 0 Å². The number of sulfone groups is 1. The number of nitrogens with zero attached hydrogens (tertiary/aromatic N) is 1. The fraction of sp³-hybridized carbons (Fsp3) is 0.182. The monoisotopic (exact) mass is 345 g/mol. The van der Waals surface area contributed by atoms with E-state index in [9.17, 15) is 8.42 Å². The Kier molecular flexibility index (Phi) is 3.84. The lowest BCUT2D eigenvalue weighted by Crippen LogP contribution is -3.00. The van der Waals surface area contributed by atoms with Crippen molar-refractivity contribution < 1.29 is 25.4 Å². The Balaban J connectivity index is 0.00000120. The van der Waals surface area contributed by atoms with Crippen molar-refractivity contribution in [3.05, 3.63) is 35.7 Å². The maximum atomic E-state index is 11.3. The molecule has 1 aromatic carbocycles. The van der Waals surface area contributed by atoms with Crippen molar-refractivity contribution in [2.45, 2.75) is 10.4 Å². The zero-order valence-corrected chi connectivity index (χ0v) is 12.4. The van der Waals surface area contributed by atoms with Gasteiger partial charge >= 0.3 is 0 Å². The van der Waals surface area contributed by atoms with Crippen molar-refractivity contribution in [2.75, 3.05) is 5.75 Å². The Bertz CT molecular complexity index is 661. The van der Waals surface area contributed by atoms with Crippen LogP contribution in [0.5, 0.6) is 0 Å². The number of imidazole rings is 1. The summed E-state index contributed by atoms with van der Waals surface area (Å²) >= 11 is 1.45. The minimum Gasteiger partial charge on any atom is -1.00 e. The molecule has 1 N–H and O–H groups in total. The zero-order chi connectivity index (χ0) is 11.9. The van der Waals surface area contributed by atoms with Crippen LogP contribution in [-0.4, -0.2) is 29.4 Å². The largest absolute Gasteiger partial charge is 1.00 e. The number of rotatable bonds is 2. The highest BCUT2D eigenvalue weighted by atomic mass is 79.9. The average molecular weight is 346 g/mol. The summed E-state index contributed by atoms with van der Waals surface area (Å²) in [5.74, 6) is 0.161. The summed E-state index contributed by atoms with van der Waals surface area (Å²) < 4.78 is 22.5. The van der Waals surface area contributed by atoms with Crippen molar-refractivity contribution >= 4 is 32.6 Å². The maximum absolute atomic E-state index is 11.3. The lowest BCUT2D eigenvalue weighted by atomic mass is 10.3. The van der Waals surface area contributed by atoms with Gasteiger partial charge < -0.3 is 22.0 Å². The Labute approximate surface area is 120 Å². The number of nitrogens with one attached hydrogen (secondary N) is 1. The molecule has 1 aliphatic heterocycles. The van der Waals surface area contributed by atoms with Crippen LogP contribution in [0.4, 0.5) is 0 Å². The summed E-state index contributed by atoms with van der Waals surface area (Å²) in [6.07, 6.45) is 1.72. The van der Waals surface area contributed by atoms with Crippen molar-refractivity contribution in [2.24, 2.45) is 0 Å². The van der Waals surface area contributed by atoms with Crippen molar-refractivity contribution in [1.29, 1.82) is 0 Å². The number of aromatic nitrogens is 2. The molecule has 96 valence electrons. The number of halogens is 1. The highest BCUT2D eigenvalue weighted by Crippen LogP contribution is 2.28. The summed E-state index contributed by atoms with van der Waals surface area (Å²) in [6.45, 7) is 0. The summed E-state index contributed by atoms with van der Waals surface area (Å²) in [7, 11) is -2.99. The molecular weight excluding hydrogens is 336 g/mol. The number of para-hydroxylation sites is 2. The van der Waals surface area contributed by atoms with E-state index in [2.05, 4.69) is 9.97 Å². The topological polar surface area (TPSA) is 62.8 Å². The van der Waals surface area contributed by atoms with Crippen LogP contribution in [0.25, 0.3) is 11.0 Å². The van der Waals surface area contributed by atoms with Gasteiger partial charge in [-0.2, -0.15) is 0 Å². The molecule has 1 atom stereocenters. The standard InChI is InChI=1S/C11H10N2O2S2.BrH/c14-17(15)6-5-8(7-17)16-11-12-9-3-1-2-4-10(9)13-11;/h1-6,8H,7H2,(H,12,13);1H/p-1. The Morgan fingerprint density at radius 3 is 2.78 bits per heavy atom. The number of fused-ring (bicyclic) bond motifs is 1. The Hall–Kier alpha value is -0.790. The number of benzene rings is 1. The van der Waals surface area contributed by atoms with E-state index in [0.717, 1.165) is 16.2 Å². The number of H-pyrrole nitrogens is 1. The molecule has 3 rings (SSSR count). The molecule has 7 heteroatoms. The van der Waals surface area contributed by atoms with Gasteiger partial charge in [0, 0.05) is 10.7 Å². The second-order valence-corrected chi connectivity index (χ2v) is 7.03. The van der Waals surface area contributed by atoms with E-state index < -0.39 is 9.84 Å². The minimum atomic E-state index is -2.99. The molecule has 18 heavy (non-hydrogen) atoms. The van der Waals surface area contributed by atoms with E-state index in [1.165, 1.54) is 17.2 Å². The Morgan fingerprint density at radius 2 is 2.11 bits per heavy atom. The highest BCUT2D eigenvalue weighted by molar-refractivity contribution is 8.02. The van der Waals surface area contributed by atoms with E-state index in [0.29, 0.717) is 0 Å². The molecule has 0 radical (unpaired) electrons. The van der Waals surface area contributed by atoms with Crippen LogP contribution in [-0.2, 0) is 9.84 Å². The van der Waals surface area contributed by atoms with Crippen LogP contribution in [0, 0.1) is 0 Å². The van der Waals surface area contributed by atoms with E-state index in [1.807, 2.05) is 24.3 Å². The van der Waals surface area contributed by atoms with Gasteiger partial charge in [-0.1, -0.05) is 30.0 Å². The van der Waals surface area contributed by atoms with Crippen molar-refractivity contribution in [3.8, 4) is 0 Å². The fourth-order valence-electron chi connectivity index (χ4n) is 1.75. The van der Waals surface area contributed by atoms with Gasteiger partial charge in [0.1, 0.15) is 0 Å². The SMILES string of the molecule is O=S1(=O)C=CC(Sc2nc3ccccc3[nH]2)C1.[Br-]. The van der Waals surface area contributed by atoms with E-state index in [-0.39, 0.29) is 28.0 Å². The molecule has 0 saturated heterocycles.